The van der Waals surface area contributed by atoms with E-state index >= 15 is 0 Å². The zero-order valence-electron chi connectivity index (χ0n) is 19.0. The van der Waals surface area contributed by atoms with Crippen molar-refractivity contribution in [1.29, 1.82) is 0 Å². The second-order valence-electron chi connectivity index (χ2n) is 8.03. The summed E-state index contributed by atoms with van der Waals surface area (Å²) in [6, 6.07) is 19.0. The van der Waals surface area contributed by atoms with Crippen LogP contribution in [0.25, 0.3) is 6.08 Å². The fraction of sp³-hybridized carbons (Fsp3) is 0.185. The molecule has 174 valence electrons. The number of aliphatic imine (C=N–C) groups is 1. The van der Waals surface area contributed by atoms with Crippen molar-refractivity contribution in [2.75, 3.05) is 7.11 Å². The Bertz CT molecular complexity index is 1280. The van der Waals surface area contributed by atoms with E-state index in [0.717, 1.165) is 15.6 Å². The minimum Gasteiger partial charge on any atom is -0.493 e. The lowest BCUT2D eigenvalue weighted by atomic mass is 10.0. The third kappa shape index (κ3) is 5.34. The van der Waals surface area contributed by atoms with Crippen LogP contribution in [0.3, 0.4) is 0 Å². The van der Waals surface area contributed by atoms with E-state index in [4.69, 9.17) is 25.8 Å². The van der Waals surface area contributed by atoms with Gasteiger partial charge in [-0.1, -0.05) is 71.7 Å². The highest BCUT2D eigenvalue weighted by molar-refractivity contribution is 9.10. The number of methoxy groups -OCH3 is 1. The molecule has 0 radical (unpaired) electrons. The minimum atomic E-state index is -0.521. The summed E-state index contributed by atoms with van der Waals surface area (Å²) in [4.78, 5) is 16.8. The fourth-order valence-electron chi connectivity index (χ4n) is 3.43. The maximum Gasteiger partial charge on any atom is 0.363 e. The largest absolute Gasteiger partial charge is 0.493 e. The molecule has 3 aromatic rings. The molecule has 3 aromatic carbocycles. The molecule has 0 aliphatic carbocycles. The SMILES string of the molecule is COc1cc(/C=C2\N=C(c3ccc(C(C)C)cc3)OC2=O)cc(Cl)c1OCc1ccccc1Br. The zero-order chi connectivity index (χ0) is 24.2. The first-order chi connectivity index (χ1) is 16.4. The van der Waals surface area contributed by atoms with Gasteiger partial charge in [-0.15, -0.1) is 0 Å². The van der Waals surface area contributed by atoms with Gasteiger partial charge >= 0.3 is 5.97 Å². The number of nitrogens with zero attached hydrogens (tertiary/aromatic N) is 1. The maximum atomic E-state index is 12.4. The molecule has 1 heterocycles. The van der Waals surface area contributed by atoms with E-state index in [0.29, 0.717) is 34.6 Å². The topological polar surface area (TPSA) is 57.1 Å². The molecule has 0 saturated heterocycles. The van der Waals surface area contributed by atoms with Gasteiger partial charge < -0.3 is 14.2 Å². The number of ether oxygens (including phenoxy) is 3. The van der Waals surface area contributed by atoms with Crippen molar-refractivity contribution in [2.24, 2.45) is 4.99 Å². The van der Waals surface area contributed by atoms with Gasteiger partial charge in [0.25, 0.3) is 0 Å². The van der Waals surface area contributed by atoms with Crippen molar-refractivity contribution >= 4 is 45.5 Å². The van der Waals surface area contributed by atoms with E-state index in [-0.39, 0.29) is 11.6 Å². The van der Waals surface area contributed by atoms with Crippen LogP contribution in [-0.4, -0.2) is 19.0 Å². The smallest absolute Gasteiger partial charge is 0.363 e. The van der Waals surface area contributed by atoms with Gasteiger partial charge in [0.05, 0.1) is 12.1 Å². The molecule has 34 heavy (non-hydrogen) atoms. The molecule has 0 atom stereocenters. The van der Waals surface area contributed by atoms with Crippen LogP contribution in [0.15, 0.2) is 75.8 Å². The zero-order valence-corrected chi connectivity index (χ0v) is 21.3. The van der Waals surface area contributed by atoms with Crippen molar-refractivity contribution < 1.29 is 19.0 Å². The predicted molar refractivity (Wildman–Crippen MR) is 138 cm³/mol. The number of hydrogen-bond acceptors (Lipinski definition) is 5. The maximum absolute atomic E-state index is 12.4. The minimum absolute atomic E-state index is 0.183. The van der Waals surface area contributed by atoms with Crippen LogP contribution in [0.5, 0.6) is 11.5 Å². The van der Waals surface area contributed by atoms with Crippen LogP contribution >= 0.6 is 27.5 Å². The van der Waals surface area contributed by atoms with E-state index in [9.17, 15) is 4.79 Å². The Labute approximate surface area is 212 Å². The standard InChI is InChI=1S/C27H23BrClNO4/c1-16(2)18-8-10-19(11-9-18)26-30-23(27(31)34-26)13-17-12-22(29)25(24(14-17)32-3)33-15-20-6-4-5-7-21(20)28/h4-14,16H,15H2,1-3H3/b23-13-. The second-order valence-corrected chi connectivity index (χ2v) is 9.29. The van der Waals surface area contributed by atoms with Crippen molar-refractivity contribution in [2.45, 2.75) is 26.4 Å². The van der Waals surface area contributed by atoms with Crippen LogP contribution < -0.4 is 9.47 Å². The van der Waals surface area contributed by atoms with Gasteiger partial charge in [-0.05, 0) is 53.5 Å². The predicted octanol–water partition coefficient (Wildman–Crippen LogP) is 7.16. The van der Waals surface area contributed by atoms with Crippen molar-refractivity contribution in [3.05, 3.63) is 98.1 Å². The average molecular weight is 541 g/mol. The highest BCUT2D eigenvalue weighted by atomic mass is 79.9. The highest BCUT2D eigenvalue weighted by Gasteiger charge is 2.24. The van der Waals surface area contributed by atoms with Crippen molar-refractivity contribution in [3.8, 4) is 11.5 Å². The van der Waals surface area contributed by atoms with E-state index in [1.807, 2.05) is 48.5 Å². The lowest BCUT2D eigenvalue weighted by Crippen LogP contribution is -2.05. The summed E-state index contributed by atoms with van der Waals surface area (Å²) in [5, 5.41) is 0.359. The highest BCUT2D eigenvalue weighted by Crippen LogP contribution is 2.38. The number of cyclic esters (lactones) is 1. The molecule has 1 aliphatic heterocycles. The van der Waals surface area contributed by atoms with Gasteiger partial charge in [0.2, 0.25) is 5.90 Å². The van der Waals surface area contributed by atoms with Crippen LogP contribution in [-0.2, 0) is 16.1 Å². The average Bonchev–Trinajstić information content (AvgIpc) is 3.19. The monoisotopic (exact) mass is 539 g/mol. The van der Waals surface area contributed by atoms with Gasteiger partial charge in [0.15, 0.2) is 17.2 Å². The summed E-state index contributed by atoms with van der Waals surface area (Å²) in [7, 11) is 1.54. The molecular weight excluding hydrogens is 518 g/mol. The molecule has 0 aromatic heterocycles. The van der Waals surface area contributed by atoms with E-state index in [1.165, 1.54) is 12.7 Å². The molecule has 7 heteroatoms. The van der Waals surface area contributed by atoms with E-state index in [2.05, 4.69) is 34.8 Å². The number of rotatable bonds is 7. The Morgan fingerprint density at radius 3 is 2.53 bits per heavy atom. The summed E-state index contributed by atoms with van der Waals surface area (Å²) in [6.45, 7) is 4.56. The van der Waals surface area contributed by atoms with E-state index in [1.54, 1.807) is 18.2 Å². The first kappa shape index (κ1) is 24.0. The van der Waals surface area contributed by atoms with Crippen LogP contribution in [0.2, 0.25) is 5.02 Å². The Morgan fingerprint density at radius 1 is 1.12 bits per heavy atom. The number of benzene rings is 3. The third-order valence-corrected chi connectivity index (χ3v) is 6.38. The summed E-state index contributed by atoms with van der Waals surface area (Å²) in [6.07, 6.45) is 1.61. The molecule has 0 spiro atoms. The molecule has 0 N–H and O–H groups in total. The van der Waals surface area contributed by atoms with Gasteiger partial charge in [0.1, 0.15) is 6.61 Å². The third-order valence-electron chi connectivity index (χ3n) is 5.33. The van der Waals surface area contributed by atoms with Crippen LogP contribution in [0.4, 0.5) is 0 Å². The molecule has 0 unspecified atom stereocenters. The Kier molecular flexibility index (Phi) is 7.39. The van der Waals surface area contributed by atoms with Crippen molar-refractivity contribution in [3.63, 3.8) is 0 Å². The lowest BCUT2D eigenvalue weighted by Gasteiger charge is -2.14. The Hall–Kier alpha value is -3.09. The molecule has 0 amide bonds. The van der Waals surface area contributed by atoms with Crippen molar-refractivity contribution in [1.82, 2.24) is 0 Å². The van der Waals surface area contributed by atoms with Gasteiger partial charge in [-0.3, -0.25) is 0 Å². The normalized spacial score (nSPS) is 14.4. The summed E-state index contributed by atoms with van der Waals surface area (Å²) >= 11 is 10.0. The van der Waals surface area contributed by atoms with E-state index < -0.39 is 5.97 Å². The summed E-state index contributed by atoms with van der Waals surface area (Å²) in [5.74, 6) is 1.04. The first-order valence-electron chi connectivity index (χ1n) is 10.7. The van der Waals surface area contributed by atoms with Gasteiger partial charge in [0, 0.05) is 15.6 Å². The number of carbonyl (C=O) groups is 1. The molecular formula is C27H23BrClNO4. The number of halogens is 2. The Morgan fingerprint density at radius 2 is 1.85 bits per heavy atom. The quantitative estimate of drug-likeness (QED) is 0.236. The van der Waals surface area contributed by atoms with Crippen LogP contribution in [0.1, 0.15) is 42.0 Å². The number of esters is 1. The molecule has 1 aliphatic rings. The fourth-order valence-corrected chi connectivity index (χ4v) is 4.10. The summed E-state index contributed by atoms with van der Waals surface area (Å²) < 4.78 is 17.8. The molecule has 0 fully saturated rings. The number of carbonyl (C=O) groups excluding carboxylic acids is 1. The lowest BCUT2D eigenvalue weighted by molar-refractivity contribution is -0.129. The molecule has 5 nitrogen and oxygen atoms in total. The molecule has 0 saturated carbocycles. The van der Waals surface area contributed by atoms with Gasteiger partial charge in [-0.2, -0.15) is 0 Å². The second kappa shape index (κ2) is 10.5. The molecule has 0 bridgehead atoms. The molecule has 4 rings (SSSR count). The Balaban J connectivity index is 1.58. The van der Waals surface area contributed by atoms with Gasteiger partial charge in [-0.25, -0.2) is 9.79 Å². The number of hydrogen-bond donors (Lipinski definition) is 0. The van der Waals surface area contributed by atoms with Crippen LogP contribution in [0, 0.1) is 0 Å². The first-order valence-corrected chi connectivity index (χ1v) is 11.9. The summed E-state index contributed by atoms with van der Waals surface area (Å²) in [5.41, 5.74) is 3.75.